The number of hydrogen-bond acceptors (Lipinski definition) is 4. The molecule has 1 aromatic rings. The molecule has 0 aliphatic rings. The van der Waals surface area contributed by atoms with E-state index in [1.54, 1.807) is 13.8 Å². The molecule has 3 atom stereocenters. The minimum atomic E-state index is -0.828. The average Bonchev–Trinajstić information content (AvgIpc) is 2.63. The molecule has 0 aliphatic carbocycles. The molecule has 0 fully saturated rings. The lowest BCUT2D eigenvalue weighted by molar-refractivity contribution is -0.151. The van der Waals surface area contributed by atoms with Gasteiger partial charge in [0.15, 0.2) is 0 Å². The number of amides is 2. The Bertz CT molecular complexity index is 738. The van der Waals surface area contributed by atoms with E-state index in [1.807, 2.05) is 51.1 Å². The predicted molar refractivity (Wildman–Crippen MR) is 128 cm³/mol. The van der Waals surface area contributed by atoms with Gasteiger partial charge in [0.05, 0.1) is 6.10 Å². The Labute approximate surface area is 193 Å². The predicted octanol–water partition coefficient (Wildman–Crippen LogP) is 4.27. The third-order valence-corrected chi connectivity index (χ3v) is 5.00. The van der Waals surface area contributed by atoms with Crippen LogP contribution in [0.4, 0.5) is 0 Å². The highest BCUT2D eigenvalue weighted by Gasteiger charge is 2.30. The van der Waals surface area contributed by atoms with Crippen LogP contribution in [0.5, 0.6) is 0 Å². The van der Waals surface area contributed by atoms with E-state index in [0.717, 1.165) is 12.0 Å². The Hall–Kier alpha value is -2.37. The van der Waals surface area contributed by atoms with Gasteiger partial charge in [-0.3, -0.25) is 9.59 Å². The van der Waals surface area contributed by atoms with Crippen LogP contribution in [0, 0.1) is 17.3 Å². The van der Waals surface area contributed by atoms with Crippen molar-refractivity contribution < 1.29 is 19.1 Å². The molecule has 0 aromatic heterocycles. The highest BCUT2D eigenvalue weighted by molar-refractivity contribution is 5.91. The van der Waals surface area contributed by atoms with Gasteiger partial charge in [0.1, 0.15) is 12.1 Å². The maximum Gasteiger partial charge on any atom is 0.329 e. The van der Waals surface area contributed by atoms with Gasteiger partial charge in [-0.2, -0.15) is 0 Å². The first kappa shape index (κ1) is 27.7. The monoisotopic (exact) mass is 446 g/mol. The van der Waals surface area contributed by atoms with Crippen LogP contribution < -0.4 is 10.6 Å². The molecule has 2 amide bonds. The molecule has 1 rings (SSSR count). The molecule has 0 heterocycles. The van der Waals surface area contributed by atoms with Crippen molar-refractivity contribution >= 4 is 17.8 Å². The first-order valence-corrected chi connectivity index (χ1v) is 11.6. The molecule has 0 bridgehead atoms. The van der Waals surface area contributed by atoms with Crippen molar-refractivity contribution in [1.29, 1.82) is 0 Å². The maximum absolute atomic E-state index is 13.1. The molecule has 0 radical (unpaired) electrons. The second-order valence-corrected chi connectivity index (χ2v) is 10.6. The van der Waals surface area contributed by atoms with Crippen LogP contribution in [0.25, 0.3) is 0 Å². The summed E-state index contributed by atoms with van der Waals surface area (Å²) in [6.07, 6.45) is 1.30. The smallest absolute Gasteiger partial charge is 0.329 e. The van der Waals surface area contributed by atoms with Gasteiger partial charge in [-0.25, -0.2) is 4.79 Å². The number of nitrogens with one attached hydrogen (secondary N) is 2. The van der Waals surface area contributed by atoms with E-state index in [1.165, 1.54) is 0 Å². The molecule has 180 valence electrons. The zero-order valence-electron chi connectivity index (χ0n) is 21.0. The van der Waals surface area contributed by atoms with E-state index in [4.69, 9.17) is 4.74 Å². The van der Waals surface area contributed by atoms with Gasteiger partial charge in [-0.05, 0) is 43.1 Å². The van der Waals surface area contributed by atoms with Gasteiger partial charge in [-0.1, -0.05) is 71.9 Å². The van der Waals surface area contributed by atoms with Gasteiger partial charge >= 0.3 is 5.97 Å². The fourth-order valence-electron chi connectivity index (χ4n) is 3.82. The molecule has 2 N–H and O–H groups in total. The number of benzene rings is 1. The molecule has 32 heavy (non-hydrogen) atoms. The van der Waals surface area contributed by atoms with E-state index in [-0.39, 0.29) is 35.2 Å². The van der Waals surface area contributed by atoms with Crippen LogP contribution in [0.1, 0.15) is 73.8 Å². The second-order valence-electron chi connectivity index (χ2n) is 10.6. The van der Waals surface area contributed by atoms with Crippen LogP contribution in [-0.2, 0) is 25.5 Å². The zero-order valence-corrected chi connectivity index (χ0v) is 21.0. The summed E-state index contributed by atoms with van der Waals surface area (Å²) in [5, 5.41) is 5.70. The first-order valence-electron chi connectivity index (χ1n) is 11.6. The van der Waals surface area contributed by atoms with E-state index in [9.17, 15) is 14.4 Å². The minimum Gasteiger partial charge on any atom is -0.461 e. The molecule has 0 saturated carbocycles. The lowest BCUT2D eigenvalue weighted by Gasteiger charge is -2.27. The van der Waals surface area contributed by atoms with Gasteiger partial charge in [0, 0.05) is 12.8 Å². The molecule has 0 aliphatic heterocycles. The van der Waals surface area contributed by atoms with Crippen molar-refractivity contribution in [3.63, 3.8) is 0 Å². The standard InChI is InChI=1S/C26H42N2O4/c1-17(2)23(28-22(29)14-19(5)16-26(6,7)8)24(30)27-21(25(31)32-18(3)4)15-20-12-10-9-11-13-20/h9-13,17-19,21,23H,14-16H2,1-8H3,(H,27,30)(H,28,29). The number of carbonyl (C=O) groups excluding carboxylic acids is 3. The van der Waals surface area contributed by atoms with Crippen molar-refractivity contribution in [2.75, 3.05) is 0 Å². The molecule has 6 nitrogen and oxygen atoms in total. The number of carbonyl (C=O) groups is 3. The fraction of sp³-hybridized carbons (Fsp3) is 0.654. The largest absolute Gasteiger partial charge is 0.461 e. The highest BCUT2D eigenvalue weighted by Crippen LogP contribution is 2.25. The van der Waals surface area contributed by atoms with Crippen LogP contribution in [0.15, 0.2) is 30.3 Å². The van der Waals surface area contributed by atoms with E-state index in [0.29, 0.717) is 12.8 Å². The van der Waals surface area contributed by atoms with Gasteiger partial charge < -0.3 is 15.4 Å². The van der Waals surface area contributed by atoms with E-state index < -0.39 is 18.1 Å². The molecule has 3 unspecified atom stereocenters. The molecular weight excluding hydrogens is 404 g/mol. The maximum atomic E-state index is 13.1. The van der Waals surface area contributed by atoms with Gasteiger partial charge in [0.25, 0.3) is 0 Å². The Morgan fingerprint density at radius 1 is 0.938 bits per heavy atom. The van der Waals surface area contributed by atoms with Crippen molar-refractivity contribution in [3.05, 3.63) is 35.9 Å². The third kappa shape index (κ3) is 10.8. The first-order chi connectivity index (χ1) is 14.8. The van der Waals surface area contributed by atoms with Crippen LogP contribution in [0.2, 0.25) is 0 Å². The molecule has 1 aromatic carbocycles. The van der Waals surface area contributed by atoms with Crippen molar-refractivity contribution in [2.24, 2.45) is 17.3 Å². The number of esters is 1. The fourth-order valence-corrected chi connectivity index (χ4v) is 3.82. The number of rotatable bonds is 11. The summed E-state index contributed by atoms with van der Waals surface area (Å²) in [5.41, 5.74) is 1.05. The van der Waals surface area contributed by atoms with Crippen molar-refractivity contribution in [1.82, 2.24) is 10.6 Å². The average molecular weight is 447 g/mol. The lowest BCUT2D eigenvalue weighted by atomic mass is 9.84. The lowest BCUT2D eigenvalue weighted by Crippen LogP contribution is -2.54. The van der Waals surface area contributed by atoms with Gasteiger partial charge in [-0.15, -0.1) is 0 Å². The Morgan fingerprint density at radius 3 is 2.03 bits per heavy atom. The topological polar surface area (TPSA) is 84.5 Å². The second kappa shape index (κ2) is 12.6. The summed E-state index contributed by atoms with van der Waals surface area (Å²) in [6.45, 7) is 15.8. The Balaban J connectivity index is 2.88. The van der Waals surface area contributed by atoms with Crippen LogP contribution >= 0.6 is 0 Å². The summed E-state index contributed by atoms with van der Waals surface area (Å²) >= 11 is 0. The SMILES string of the molecule is CC(CC(=O)NC(C(=O)NC(Cc1ccccc1)C(=O)OC(C)C)C(C)C)CC(C)(C)C. The number of ether oxygens (including phenoxy) is 1. The summed E-state index contributed by atoms with van der Waals surface area (Å²) < 4.78 is 5.36. The zero-order chi connectivity index (χ0) is 24.5. The highest BCUT2D eigenvalue weighted by atomic mass is 16.5. The summed E-state index contributed by atoms with van der Waals surface area (Å²) in [6, 6.07) is 7.92. The minimum absolute atomic E-state index is 0.129. The quantitative estimate of drug-likeness (QED) is 0.497. The van der Waals surface area contributed by atoms with Crippen molar-refractivity contribution in [2.45, 2.75) is 92.8 Å². The molecule has 0 spiro atoms. The normalized spacial score (nSPS) is 14.6. The Kier molecular flexibility index (Phi) is 10.9. The third-order valence-electron chi connectivity index (χ3n) is 5.00. The summed E-state index contributed by atoms with van der Waals surface area (Å²) in [4.78, 5) is 38.4. The van der Waals surface area contributed by atoms with Crippen LogP contribution in [-0.4, -0.2) is 36.0 Å². The summed E-state index contributed by atoms with van der Waals surface area (Å²) in [7, 11) is 0. The summed E-state index contributed by atoms with van der Waals surface area (Å²) in [5.74, 6) is -0.934. The Morgan fingerprint density at radius 2 is 1.53 bits per heavy atom. The van der Waals surface area contributed by atoms with E-state index >= 15 is 0 Å². The van der Waals surface area contributed by atoms with Gasteiger partial charge in [0.2, 0.25) is 11.8 Å². The van der Waals surface area contributed by atoms with E-state index in [2.05, 4.69) is 31.4 Å². The molecule has 6 heteroatoms. The molecular formula is C26H42N2O4. The number of hydrogen-bond donors (Lipinski definition) is 2. The molecule has 0 saturated heterocycles. The van der Waals surface area contributed by atoms with Crippen molar-refractivity contribution in [3.8, 4) is 0 Å². The van der Waals surface area contributed by atoms with Crippen LogP contribution in [0.3, 0.4) is 0 Å².